The van der Waals surface area contributed by atoms with E-state index in [9.17, 15) is 0 Å². The van der Waals surface area contributed by atoms with Crippen molar-refractivity contribution < 1.29 is 0 Å². The van der Waals surface area contributed by atoms with Crippen molar-refractivity contribution in [2.24, 2.45) is 0 Å². The molecule has 22 heavy (non-hydrogen) atoms. The van der Waals surface area contributed by atoms with Crippen molar-refractivity contribution in [3.63, 3.8) is 0 Å². The van der Waals surface area contributed by atoms with Gasteiger partial charge in [-0.1, -0.05) is 6.07 Å². The number of pyridine rings is 1. The minimum atomic E-state index is 0.561. The minimum Gasteiger partial charge on any atom is -0.362 e. The highest BCUT2D eigenvalue weighted by Crippen LogP contribution is 2.32. The highest BCUT2D eigenvalue weighted by Gasteiger charge is 2.12. The summed E-state index contributed by atoms with van der Waals surface area (Å²) in [6, 6.07) is 5.85. The second-order valence-corrected chi connectivity index (χ2v) is 6.29. The van der Waals surface area contributed by atoms with Crippen LogP contribution in [0.25, 0.3) is 15.9 Å². The first kappa shape index (κ1) is 13.1. The zero-order valence-electron chi connectivity index (χ0n) is 12.2. The van der Waals surface area contributed by atoms with Crippen LogP contribution in [0.5, 0.6) is 0 Å². The van der Waals surface area contributed by atoms with E-state index in [4.69, 9.17) is 0 Å². The lowest BCUT2D eigenvalue weighted by molar-refractivity contribution is 0.912. The number of hydrogen-bond acceptors (Lipinski definition) is 6. The maximum atomic E-state index is 4.39. The number of thiophene rings is 1. The Morgan fingerprint density at radius 3 is 3.00 bits per heavy atom. The van der Waals surface area contributed by atoms with Gasteiger partial charge in [0.15, 0.2) is 11.5 Å². The van der Waals surface area contributed by atoms with Gasteiger partial charge in [-0.05, 0) is 31.5 Å². The smallest absolute Gasteiger partial charge is 0.160 e. The van der Waals surface area contributed by atoms with Gasteiger partial charge in [0, 0.05) is 11.1 Å². The van der Waals surface area contributed by atoms with Crippen LogP contribution < -0.4 is 5.32 Å². The molecule has 0 aliphatic carbocycles. The van der Waals surface area contributed by atoms with Gasteiger partial charge in [0.1, 0.15) is 17.0 Å². The first-order valence-corrected chi connectivity index (χ1v) is 7.79. The minimum absolute atomic E-state index is 0.561. The summed E-state index contributed by atoms with van der Waals surface area (Å²) in [6.07, 6.45) is 3.56. The molecule has 0 unspecified atom stereocenters. The zero-order valence-corrected chi connectivity index (χ0v) is 13.1. The molecule has 4 heterocycles. The summed E-state index contributed by atoms with van der Waals surface area (Å²) in [4.78, 5) is 11.0. The Morgan fingerprint density at radius 1 is 1.18 bits per heavy atom. The molecule has 0 saturated carbocycles. The van der Waals surface area contributed by atoms with Crippen LogP contribution in [0.3, 0.4) is 0 Å². The Kier molecular flexibility index (Phi) is 3.00. The van der Waals surface area contributed by atoms with E-state index < -0.39 is 0 Å². The topological polar surface area (TPSA) is 68.0 Å². The van der Waals surface area contributed by atoms with E-state index in [-0.39, 0.29) is 0 Å². The third-order valence-electron chi connectivity index (χ3n) is 3.76. The van der Waals surface area contributed by atoms with Gasteiger partial charge in [0.05, 0.1) is 11.9 Å². The number of aryl methyl sites for hydroxylation is 2. The third-order valence-corrected chi connectivity index (χ3v) is 4.88. The molecular formula is C15H14N6S. The molecule has 0 aliphatic heterocycles. The van der Waals surface area contributed by atoms with Crippen LogP contribution in [0, 0.1) is 13.8 Å². The molecule has 0 spiro atoms. The first-order valence-electron chi connectivity index (χ1n) is 6.97. The van der Waals surface area contributed by atoms with Crippen LogP contribution in [0.15, 0.2) is 30.7 Å². The van der Waals surface area contributed by atoms with Crippen molar-refractivity contribution in [3.8, 4) is 0 Å². The van der Waals surface area contributed by atoms with E-state index in [1.54, 1.807) is 17.7 Å². The Balaban J connectivity index is 1.70. The SMILES string of the molecule is Cc1sc2ncnc(NCc3nnc4ccccn34)c2c1C. The monoisotopic (exact) mass is 310 g/mol. The average molecular weight is 310 g/mol. The quantitative estimate of drug-likeness (QED) is 0.630. The van der Waals surface area contributed by atoms with E-state index in [0.717, 1.165) is 27.5 Å². The van der Waals surface area contributed by atoms with E-state index in [1.165, 1.54) is 10.4 Å². The summed E-state index contributed by atoms with van der Waals surface area (Å²) in [5.41, 5.74) is 2.07. The predicted molar refractivity (Wildman–Crippen MR) is 87.2 cm³/mol. The molecule has 0 fully saturated rings. The van der Waals surface area contributed by atoms with Crippen molar-refractivity contribution in [3.05, 3.63) is 47.0 Å². The lowest BCUT2D eigenvalue weighted by Gasteiger charge is -2.06. The second kappa shape index (κ2) is 5.03. The highest BCUT2D eigenvalue weighted by molar-refractivity contribution is 7.18. The fourth-order valence-electron chi connectivity index (χ4n) is 2.49. The van der Waals surface area contributed by atoms with Crippen LogP contribution in [0.4, 0.5) is 5.82 Å². The van der Waals surface area contributed by atoms with Gasteiger partial charge in [-0.25, -0.2) is 9.97 Å². The molecule has 6 nitrogen and oxygen atoms in total. The number of anilines is 1. The standard InChI is InChI=1S/C15H14N6S/c1-9-10(2)22-15-13(9)14(17-8-18-15)16-7-12-20-19-11-5-3-4-6-21(11)12/h3-6,8H,7H2,1-2H3,(H,16,17,18). The summed E-state index contributed by atoms with van der Waals surface area (Å²) < 4.78 is 1.97. The molecule has 0 bridgehead atoms. The summed E-state index contributed by atoms with van der Waals surface area (Å²) in [7, 11) is 0. The van der Waals surface area contributed by atoms with Gasteiger partial charge in [-0.2, -0.15) is 0 Å². The van der Waals surface area contributed by atoms with Crippen molar-refractivity contribution in [2.45, 2.75) is 20.4 Å². The molecule has 0 saturated heterocycles. The maximum absolute atomic E-state index is 4.39. The maximum Gasteiger partial charge on any atom is 0.160 e. The van der Waals surface area contributed by atoms with Gasteiger partial charge in [0.2, 0.25) is 0 Å². The second-order valence-electron chi connectivity index (χ2n) is 5.08. The van der Waals surface area contributed by atoms with Gasteiger partial charge in [0.25, 0.3) is 0 Å². The summed E-state index contributed by atoms with van der Waals surface area (Å²) in [5, 5.41) is 12.8. The molecule has 7 heteroatoms. The summed E-state index contributed by atoms with van der Waals surface area (Å²) in [5.74, 6) is 1.70. The molecule has 110 valence electrons. The van der Waals surface area contributed by atoms with E-state index in [0.29, 0.717) is 6.54 Å². The molecule has 0 atom stereocenters. The Hall–Kier alpha value is -2.54. The number of fused-ring (bicyclic) bond motifs is 2. The molecule has 0 aromatic carbocycles. The fraction of sp³-hybridized carbons (Fsp3) is 0.200. The van der Waals surface area contributed by atoms with E-state index in [2.05, 4.69) is 39.3 Å². The van der Waals surface area contributed by atoms with Crippen LogP contribution in [-0.4, -0.2) is 24.6 Å². The Bertz CT molecular complexity index is 971. The number of nitrogens with one attached hydrogen (secondary N) is 1. The normalized spacial score (nSPS) is 11.4. The van der Waals surface area contributed by atoms with E-state index in [1.807, 2.05) is 28.8 Å². The van der Waals surface area contributed by atoms with Gasteiger partial charge in [-0.15, -0.1) is 21.5 Å². The molecule has 4 aromatic heterocycles. The van der Waals surface area contributed by atoms with E-state index >= 15 is 0 Å². The van der Waals surface area contributed by atoms with Crippen LogP contribution >= 0.6 is 11.3 Å². The molecular weight excluding hydrogens is 296 g/mol. The lowest BCUT2D eigenvalue weighted by atomic mass is 10.2. The molecule has 4 aromatic rings. The zero-order chi connectivity index (χ0) is 15.1. The molecule has 4 rings (SSSR count). The van der Waals surface area contributed by atoms with Gasteiger partial charge >= 0.3 is 0 Å². The first-order chi connectivity index (χ1) is 10.7. The number of hydrogen-bond donors (Lipinski definition) is 1. The lowest BCUT2D eigenvalue weighted by Crippen LogP contribution is -2.06. The van der Waals surface area contributed by atoms with Crippen molar-refractivity contribution >= 4 is 33.0 Å². The number of nitrogens with zero attached hydrogens (tertiary/aromatic N) is 5. The summed E-state index contributed by atoms with van der Waals surface area (Å²) in [6.45, 7) is 4.78. The molecule has 0 aliphatic rings. The Morgan fingerprint density at radius 2 is 2.09 bits per heavy atom. The molecule has 1 N–H and O–H groups in total. The van der Waals surface area contributed by atoms with Crippen molar-refractivity contribution in [2.75, 3.05) is 5.32 Å². The van der Waals surface area contributed by atoms with Gasteiger partial charge < -0.3 is 5.32 Å². The van der Waals surface area contributed by atoms with Crippen LogP contribution in [-0.2, 0) is 6.54 Å². The summed E-state index contributed by atoms with van der Waals surface area (Å²) >= 11 is 1.69. The van der Waals surface area contributed by atoms with Crippen molar-refractivity contribution in [1.29, 1.82) is 0 Å². The van der Waals surface area contributed by atoms with Crippen molar-refractivity contribution in [1.82, 2.24) is 24.6 Å². The van der Waals surface area contributed by atoms with Crippen LogP contribution in [0.2, 0.25) is 0 Å². The van der Waals surface area contributed by atoms with Crippen LogP contribution in [0.1, 0.15) is 16.3 Å². The molecule has 0 amide bonds. The Labute approximate surface area is 130 Å². The number of rotatable bonds is 3. The largest absolute Gasteiger partial charge is 0.362 e. The fourth-order valence-corrected chi connectivity index (χ4v) is 3.49. The average Bonchev–Trinajstić information content (AvgIpc) is 3.07. The highest BCUT2D eigenvalue weighted by atomic mass is 32.1. The van der Waals surface area contributed by atoms with Gasteiger partial charge in [-0.3, -0.25) is 4.40 Å². The number of aromatic nitrogens is 5. The molecule has 0 radical (unpaired) electrons. The predicted octanol–water partition coefficient (Wildman–Crippen LogP) is 2.96. The third kappa shape index (κ3) is 2.01.